The molecule has 1 saturated heterocycles. The number of hydrogen-bond acceptors (Lipinski definition) is 5. The van der Waals surface area contributed by atoms with Crippen molar-refractivity contribution in [3.63, 3.8) is 0 Å². The third-order valence-electron chi connectivity index (χ3n) is 3.31. The highest BCUT2D eigenvalue weighted by molar-refractivity contribution is 5.96. The molecule has 1 fully saturated rings. The van der Waals surface area contributed by atoms with Crippen LogP contribution in [0.4, 0.5) is 10.6 Å². The zero-order chi connectivity index (χ0) is 16.3. The third-order valence-corrected chi connectivity index (χ3v) is 3.31. The van der Waals surface area contributed by atoms with Gasteiger partial charge in [-0.2, -0.15) is 0 Å². The van der Waals surface area contributed by atoms with Crippen LogP contribution in [0.3, 0.4) is 0 Å². The van der Waals surface area contributed by atoms with Crippen molar-refractivity contribution < 1.29 is 18.8 Å². The van der Waals surface area contributed by atoms with E-state index in [1.807, 2.05) is 20.8 Å². The van der Waals surface area contributed by atoms with Crippen LogP contribution in [0, 0.1) is 6.92 Å². The number of aryl methyl sites for hydroxylation is 1. The number of nitrogens with one attached hydrogen (secondary N) is 1. The molecule has 0 saturated carbocycles. The molecule has 2 heterocycles. The van der Waals surface area contributed by atoms with Crippen LogP contribution in [-0.4, -0.2) is 40.2 Å². The predicted octanol–water partition coefficient (Wildman–Crippen LogP) is 2.71. The summed E-state index contributed by atoms with van der Waals surface area (Å²) in [5.41, 5.74) is -0.585. The minimum Gasteiger partial charge on any atom is -0.444 e. The molecule has 7 nitrogen and oxygen atoms in total. The number of carbonyl (C=O) groups is 2. The Morgan fingerprint density at radius 3 is 2.73 bits per heavy atom. The summed E-state index contributed by atoms with van der Waals surface area (Å²) in [5, 5.41) is 6.43. The van der Waals surface area contributed by atoms with Gasteiger partial charge in [0.15, 0.2) is 5.82 Å². The van der Waals surface area contributed by atoms with Crippen LogP contribution >= 0.6 is 0 Å². The molecule has 2 amide bonds. The van der Waals surface area contributed by atoms with Crippen LogP contribution < -0.4 is 5.32 Å². The molecule has 0 bridgehead atoms. The SMILES string of the molecule is Cc1cc(NC(=O)[C@@H]2CCCCN2C(=O)OC(C)(C)C)no1. The number of rotatable bonds is 2. The molecule has 122 valence electrons. The molecule has 22 heavy (non-hydrogen) atoms. The molecule has 0 aliphatic carbocycles. The summed E-state index contributed by atoms with van der Waals surface area (Å²) in [6, 6.07) is 1.10. The fraction of sp³-hybridized carbons (Fsp3) is 0.667. The van der Waals surface area contributed by atoms with Crippen LogP contribution in [0.5, 0.6) is 0 Å². The highest BCUT2D eigenvalue weighted by Crippen LogP contribution is 2.21. The Balaban J connectivity index is 2.05. The second-order valence-electron chi connectivity index (χ2n) is 6.50. The fourth-order valence-electron chi connectivity index (χ4n) is 2.38. The van der Waals surface area contributed by atoms with E-state index in [9.17, 15) is 9.59 Å². The van der Waals surface area contributed by atoms with Gasteiger partial charge < -0.3 is 14.6 Å². The molecule has 2 rings (SSSR count). The molecule has 7 heteroatoms. The van der Waals surface area contributed by atoms with Crippen LogP contribution in [0.25, 0.3) is 0 Å². The van der Waals surface area contributed by atoms with Crippen LogP contribution in [-0.2, 0) is 9.53 Å². The van der Waals surface area contributed by atoms with E-state index in [4.69, 9.17) is 9.26 Å². The average Bonchev–Trinajstić information content (AvgIpc) is 2.82. The summed E-state index contributed by atoms with van der Waals surface area (Å²) in [7, 11) is 0. The number of carbonyl (C=O) groups excluding carboxylic acids is 2. The van der Waals surface area contributed by atoms with Gasteiger partial charge >= 0.3 is 6.09 Å². The normalized spacial score (nSPS) is 18.9. The summed E-state index contributed by atoms with van der Waals surface area (Å²) in [5.74, 6) is 0.707. The molecular weight excluding hydrogens is 286 g/mol. The van der Waals surface area contributed by atoms with Gasteiger partial charge in [0.25, 0.3) is 0 Å². The Morgan fingerprint density at radius 1 is 1.41 bits per heavy atom. The molecule has 1 aromatic heterocycles. The van der Waals surface area contributed by atoms with Gasteiger partial charge in [0.05, 0.1) is 0 Å². The Kier molecular flexibility index (Phi) is 4.73. The molecular formula is C15H23N3O4. The van der Waals surface area contributed by atoms with E-state index in [2.05, 4.69) is 10.5 Å². The van der Waals surface area contributed by atoms with Crippen molar-refractivity contribution in [1.29, 1.82) is 0 Å². The van der Waals surface area contributed by atoms with Crippen molar-refractivity contribution in [2.24, 2.45) is 0 Å². The zero-order valence-electron chi connectivity index (χ0n) is 13.5. The molecule has 0 radical (unpaired) electrons. The topological polar surface area (TPSA) is 84.7 Å². The molecule has 1 atom stereocenters. The predicted molar refractivity (Wildman–Crippen MR) is 80.4 cm³/mol. The maximum absolute atomic E-state index is 12.4. The number of amides is 2. The van der Waals surface area contributed by atoms with Crippen molar-refractivity contribution in [3.8, 4) is 0 Å². The van der Waals surface area contributed by atoms with E-state index in [1.54, 1.807) is 13.0 Å². The van der Waals surface area contributed by atoms with Gasteiger partial charge in [0.1, 0.15) is 17.4 Å². The van der Waals surface area contributed by atoms with Crippen molar-refractivity contribution in [3.05, 3.63) is 11.8 Å². The molecule has 1 N–H and O–H groups in total. The summed E-state index contributed by atoms with van der Waals surface area (Å²) < 4.78 is 10.3. The summed E-state index contributed by atoms with van der Waals surface area (Å²) >= 11 is 0. The lowest BCUT2D eigenvalue weighted by Crippen LogP contribution is -2.51. The van der Waals surface area contributed by atoms with Gasteiger partial charge in [0, 0.05) is 12.6 Å². The number of piperidine rings is 1. The van der Waals surface area contributed by atoms with E-state index in [-0.39, 0.29) is 5.91 Å². The van der Waals surface area contributed by atoms with Crippen LogP contribution in [0.1, 0.15) is 45.8 Å². The fourth-order valence-corrected chi connectivity index (χ4v) is 2.38. The Hall–Kier alpha value is -2.05. The first kappa shape index (κ1) is 16.3. The lowest BCUT2D eigenvalue weighted by atomic mass is 10.0. The quantitative estimate of drug-likeness (QED) is 0.908. The maximum Gasteiger partial charge on any atom is 0.410 e. The number of ether oxygens (including phenoxy) is 1. The second kappa shape index (κ2) is 6.37. The van der Waals surface area contributed by atoms with Gasteiger partial charge in [-0.1, -0.05) is 5.16 Å². The highest BCUT2D eigenvalue weighted by atomic mass is 16.6. The monoisotopic (exact) mass is 309 g/mol. The van der Waals surface area contributed by atoms with Crippen LogP contribution in [0.15, 0.2) is 10.6 Å². The number of likely N-dealkylation sites (tertiary alicyclic amines) is 1. The lowest BCUT2D eigenvalue weighted by Gasteiger charge is -2.35. The Labute approximate surface area is 130 Å². The molecule has 0 spiro atoms. The van der Waals surface area contributed by atoms with E-state index in [0.717, 1.165) is 12.8 Å². The number of nitrogens with zero attached hydrogens (tertiary/aromatic N) is 2. The highest BCUT2D eigenvalue weighted by Gasteiger charge is 2.35. The average molecular weight is 309 g/mol. The molecule has 0 aromatic carbocycles. The van der Waals surface area contributed by atoms with Crippen molar-refractivity contribution in [2.75, 3.05) is 11.9 Å². The van der Waals surface area contributed by atoms with E-state index in [0.29, 0.717) is 24.5 Å². The van der Waals surface area contributed by atoms with E-state index < -0.39 is 17.7 Å². The van der Waals surface area contributed by atoms with Gasteiger partial charge in [-0.25, -0.2) is 4.79 Å². The maximum atomic E-state index is 12.4. The third kappa shape index (κ3) is 4.22. The minimum absolute atomic E-state index is 0.265. The first-order chi connectivity index (χ1) is 10.3. The largest absolute Gasteiger partial charge is 0.444 e. The first-order valence-corrected chi connectivity index (χ1v) is 7.50. The molecule has 1 aromatic rings. The van der Waals surface area contributed by atoms with Gasteiger partial charge in [-0.15, -0.1) is 0 Å². The molecule has 1 aliphatic heterocycles. The van der Waals surface area contributed by atoms with Crippen molar-refractivity contribution >= 4 is 17.8 Å². The number of hydrogen-bond donors (Lipinski definition) is 1. The standard InChI is InChI=1S/C15H23N3O4/c1-10-9-12(17-22-10)16-13(19)11-7-5-6-8-18(11)14(20)21-15(2,3)4/h9,11H,5-8H2,1-4H3,(H,16,17,19)/t11-/m0/s1. The lowest BCUT2D eigenvalue weighted by molar-refractivity contribution is -0.122. The number of aromatic nitrogens is 1. The minimum atomic E-state index is -0.585. The van der Waals surface area contributed by atoms with Crippen molar-refractivity contribution in [2.45, 2.75) is 58.6 Å². The Bertz CT molecular complexity index is 547. The second-order valence-corrected chi connectivity index (χ2v) is 6.50. The molecule has 0 unspecified atom stereocenters. The van der Waals surface area contributed by atoms with Gasteiger partial charge in [-0.05, 0) is 47.0 Å². The van der Waals surface area contributed by atoms with E-state index >= 15 is 0 Å². The molecule has 1 aliphatic rings. The smallest absolute Gasteiger partial charge is 0.410 e. The zero-order valence-corrected chi connectivity index (χ0v) is 13.5. The Morgan fingerprint density at radius 2 is 2.14 bits per heavy atom. The summed E-state index contributed by atoms with van der Waals surface area (Å²) in [4.78, 5) is 26.2. The van der Waals surface area contributed by atoms with E-state index in [1.165, 1.54) is 4.90 Å². The number of anilines is 1. The van der Waals surface area contributed by atoms with Crippen molar-refractivity contribution in [1.82, 2.24) is 10.1 Å². The summed E-state index contributed by atoms with van der Waals surface area (Å²) in [6.45, 7) is 7.69. The first-order valence-electron chi connectivity index (χ1n) is 7.50. The van der Waals surface area contributed by atoms with Gasteiger partial charge in [0.2, 0.25) is 5.91 Å². The van der Waals surface area contributed by atoms with Crippen LogP contribution in [0.2, 0.25) is 0 Å². The van der Waals surface area contributed by atoms with Gasteiger partial charge in [-0.3, -0.25) is 9.69 Å². The summed E-state index contributed by atoms with van der Waals surface area (Å²) in [6.07, 6.45) is 1.92.